The van der Waals surface area contributed by atoms with Crippen molar-refractivity contribution in [2.24, 2.45) is 0 Å². The molecule has 0 aromatic rings. The molecule has 18 heavy (non-hydrogen) atoms. The van der Waals surface area contributed by atoms with Gasteiger partial charge in [0.1, 0.15) is 16.5 Å². The van der Waals surface area contributed by atoms with Crippen LogP contribution in [0, 0.1) is 0 Å². The minimum absolute atomic E-state index is 0.816. The molecule has 0 spiro atoms. The van der Waals surface area contributed by atoms with Crippen molar-refractivity contribution in [3.05, 3.63) is 0 Å². The fraction of sp³-hybridized carbons (Fsp3) is 1.00. The zero-order chi connectivity index (χ0) is 15.0. The molecule has 0 rings (SSSR count). The van der Waals surface area contributed by atoms with E-state index in [-0.39, 0.29) is 0 Å². The van der Waals surface area contributed by atoms with Gasteiger partial charge < -0.3 is 17.9 Å². The van der Waals surface area contributed by atoms with Crippen molar-refractivity contribution in [2.75, 3.05) is 21.3 Å². The first-order valence-electron chi connectivity index (χ1n) is 6.40. The fourth-order valence-electron chi connectivity index (χ4n) is 1.81. The van der Waals surface area contributed by atoms with Crippen LogP contribution in [0.15, 0.2) is 0 Å². The zero-order valence-corrected chi connectivity index (χ0v) is 16.9. The molecule has 0 aromatic heterocycles. The average molecular weight is 312 g/mol. The highest BCUT2D eigenvalue weighted by Gasteiger charge is 2.34. The summed E-state index contributed by atoms with van der Waals surface area (Å²) in [6.45, 7) is 16.1. The van der Waals surface area contributed by atoms with Gasteiger partial charge in [-0.2, -0.15) is 0 Å². The molecule has 0 heterocycles. The maximum atomic E-state index is 5.08. The van der Waals surface area contributed by atoms with Crippen LogP contribution in [0.2, 0.25) is 45.3 Å². The Balaban J connectivity index is 0. The van der Waals surface area contributed by atoms with E-state index in [0.717, 1.165) is 6.04 Å². The van der Waals surface area contributed by atoms with Gasteiger partial charge in [-0.05, 0) is 0 Å². The molecule has 0 saturated heterocycles. The van der Waals surface area contributed by atoms with Crippen LogP contribution in [-0.4, -0.2) is 46.6 Å². The lowest BCUT2D eigenvalue weighted by Gasteiger charge is -2.28. The third kappa shape index (κ3) is 11.6. The van der Waals surface area contributed by atoms with Crippen LogP contribution in [0.25, 0.3) is 0 Å². The Morgan fingerprint density at radius 3 is 1.00 bits per heavy atom. The van der Waals surface area contributed by atoms with E-state index in [1.807, 2.05) is 6.92 Å². The van der Waals surface area contributed by atoms with E-state index in [1.54, 1.807) is 21.3 Å². The van der Waals surface area contributed by atoms with E-state index in [2.05, 4.69) is 43.9 Å². The van der Waals surface area contributed by atoms with E-state index in [1.165, 1.54) is 0 Å². The lowest BCUT2D eigenvalue weighted by Crippen LogP contribution is -2.55. The van der Waals surface area contributed by atoms with Crippen LogP contribution < -0.4 is 4.65 Å². The summed E-state index contributed by atoms with van der Waals surface area (Å²) in [4.78, 5) is 0. The minimum Gasteiger partial charge on any atom is -0.377 e. The Kier molecular flexibility index (Phi) is 9.96. The summed E-state index contributed by atoms with van der Waals surface area (Å²) in [6.07, 6.45) is 0. The Hall–Kier alpha value is 0.491. The predicted octanol–water partition coefficient (Wildman–Crippen LogP) is 3.13. The van der Waals surface area contributed by atoms with Gasteiger partial charge in [-0.15, -0.1) is 0 Å². The summed E-state index contributed by atoms with van der Waals surface area (Å²) in [5.41, 5.74) is 0. The SMILES string of the molecule is CC[Si](OC)(OC)OC.C[Si](C)(C)N[Si](C)(C)C. The second-order valence-electron chi connectivity index (χ2n) is 6.27. The van der Waals surface area contributed by atoms with Gasteiger partial charge in [0.15, 0.2) is 0 Å². The van der Waals surface area contributed by atoms with Crippen molar-refractivity contribution in [2.45, 2.75) is 52.2 Å². The van der Waals surface area contributed by atoms with Crippen LogP contribution in [0.4, 0.5) is 0 Å². The van der Waals surface area contributed by atoms with Crippen molar-refractivity contribution >= 4 is 25.3 Å². The van der Waals surface area contributed by atoms with E-state index >= 15 is 0 Å². The van der Waals surface area contributed by atoms with Crippen molar-refractivity contribution in [3.8, 4) is 0 Å². The monoisotopic (exact) mass is 311 g/mol. The highest BCUT2D eigenvalue weighted by molar-refractivity contribution is 6.90. The molecule has 0 fully saturated rings. The molecule has 0 unspecified atom stereocenters. The molecule has 0 atom stereocenters. The average Bonchev–Trinajstić information content (AvgIpc) is 2.17. The Labute approximate surface area is 117 Å². The molecule has 1 N–H and O–H groups in total. The topological polar surface area (TPSA) is 39.7 Å². The number of hydrogen-bond acceptors (Lipinski definition) is 4. The Morgan fingerprint density at radius 2 is 1.00 bits per heavy atom. The summed E-state index contributed by atoms with van der Waals surface area (Å²) in [5.74, 6) is 0. The quantitative estimate of drug-likeness (QED) is 0.765. The molecule has 0 amide bonds. The van der Waals surface area contributed by atoms with E-state index in [0.29, 0.717) is 0 Å². The third-order valence-corrected chi connectivity index (χ3v) is 10.8. The van der Waals surface area contributed by atoms with E-state index in [9.17, 15) is 0 Å². The smallest absolute Gasteiger partial charge is 0.377 e. The van der Waals surface area contributed by atoms with Crippen molar-refractivity contribution in [3.63, 3.8) is 0 Å². The zero-order valence-electron chi connectivity index (χ0n) is 13.9. The van der Waals surface area contributed by atoms with Crippen LogP contribution in [-0.2, 0) is 13.3 Å². The number of nitrogens with one attached hydrogen (secondary N) is 1. The van der Waals surface area contributed by atoms with E-state index in [4.69, 9.17) is 13.3 Å². The first-order chi connectivity index (χ1) is 7.95. The van der Waals surface area contributed by atoms with Crippen LogP contribution in [0.3, 0.4) is 0 Å². The summed E-state index contributed by atoms with van der Waals surface area (Å²) in [6, 6.07) is 0.816. The van der Waals surface area contributed by atoms with Gasteiger partial charge in [0.05, 0.1) is 0 Å². The summed E-state index contributed by atoms with van der Waals surface area (Å²) < 4.78 is 19.0. The number of rotatable bonds is 6. The third-order valence-electron chi connectivity index (χ3n) is 2.12. The molecule has 7 heteroatoms. The molecule has 0 aliphatic carbocycles. The molecule has 0 aliphatic heterocycles. The summed E-state index contributed by atoms with van der Waals surface area (Å²) in [7, 11) is 0.688. The Bertz CT molecular complexity index is 181. The van der Waals surface area contributed by atoms with Gasteiger partial charge in [0.25, 0.3) is 0 Å². The second-order valence-corrected chi connectivity index (χ2v) is 19.6. The van der Waals surface area contributed by atoms with Gasteiger partial charge in [-0.1, -0.05) is 46.2 Å². The Morgan fingerprint density at radius 1 is 0.722 bits per heavy atom. The van der Waals surface area contributed by atoms with Crippen LogP contribution in [0.5, 0.6) is 0 Å². The second kappa shape index (κ2) is 8.62. The maximum absolute atomic E-state index is 5.08. The van der Waals surface area contributed by atoms with Gasteiger partial charge in [-0.3, -0.25) is 0 Å². The van der Waals surface area contributed by atoms with Crippen LogP contribution in [0.1, 0.15) is 6.92 Å². The van der Waals surface area contributed by atoms with Gasteiger partial charge in [0, 0.05) is 27.4 Å². The highest BCUT2D eigenvalue weighted by atomic mass is 28.4. The molecule has 112 valence electrons. The van der Waals surface area contributed by atoms with Gasteiger partial charge in [0.2, 0.25) is 0 Å². The molecule has 4 nitrogen and oxygen atoms in total. The largest absolute Gasteiger partial charge is 0.499 e. The summed E-state index contributed by atoms with van der Waals surface area (Å²) in [5, 5.41) is 0. The van der Waals surface area contributed by atoms with E-state index < -0.39 is 25.3 Å². The van der Waals surface area contributed by atoms with Gasteiger partial charge in [-0.25, -0.2) is 0 Å². The molecule has 0 aromatic carbocycles. The standard InChI is InChI=1S/C6H19NSi2.C5H14O3Si/c1-8(2,3)7-9(4,5)6;1-5-9(6-2,7-3)8-4/h7H,1-6H3;5H2,1-4H3. The normalized spacial score (nSPS) is 13.0. The maximum Gasteiger partial charge on any atom is 0.499 e. The molecular formula is C11H33NO3Si3. The molecule has 0 aliphatic rings. The van der Waals surface area contributed by atoms with Crippen molar-refractivity contribution in [1.29, 1.82) is 0 Å². The molecule has 0 saturated carbocycles. The van der Waals surface area contributed by atoms with Crippen molar-refractivity contribution < 1.29 is 13.3 Å². The molecule has 0 radical (unpaired) electrons. The molecule has 0 bridgehead atoms. The first-order valence-corrected chi connectivity index (χ1v) is 15.3. The lowest BCUT2D eigenvalue weighted by atomic mass is 11.0. The van der Waals surface area contributed by atoms with Crippen molar-refractivity contribution in [1.82, 2.24) is 4.65 Å². The van der Waals surface area contributed by atoms with Crippen LogP contribution >= 0.6 is 0 Å². The summed E-state index contributed by atoms with van der Waals surface area (Å²) >= 11 is 0. The molecular weight excluding hydrogens is 278 g/mol. The predicted molar refractivity (Wildman–Crippen MR) is 87.1 cm³/mol. The minimum atomic E-state index is -2.19. The fourth-order valence-corrected chi connectivity index (χ4v) is 12.2. The number of hydrogen-bond donors (Lipinski definition) is 1. The van der Waals surface area contributed by atoms with Gasteiger partial charge >= 0.3 is 8.80 Å². The lowest BCUT2D eigenvalue weighted by molar-refractivity contribution is 0.125. The first kappa shape index (κ1) is 20.8. The highest BCUT2D eigenvalue weighted by Crippen LogP contribution is 2.10.